The van der Waals surface area contributed by atoms with Gasteiger partial charge in [-0.2, -0.15) is 0 Å². The normalized spacial score (nSPS) is 11.4. The number of hydrogen-bond acceptors (Lipinski definition) is 0. The summed E-state index contributed by atoms with van der Waals surface area (Å²) >= 11 is 0. The van der Waals surface area contributed by atoms with Gasteiger partial charge in [-0.05, 0) is 37.0 Å². The highest BCUT2D eigenvalue weighted by Gasteiger charge is 1.95. The van der Waals surface area contributed by atoms with Crippen LogP contribution in [0.5, 0.6) is 0 Å². The standard InChI is InChI=1S/C16H20.CH4/c1-5-13(3)7-8-14(4)16-11-9-15(6-2)10-12-16;/h5,7-12H,4,6H2,1-3H3;1H4/b8-7-,13-5-;. The summed E-state index contributed by atoms with van der Waals surface area (Å²) < 4.78 is 0. The molecule has 0 N–H and O–H groups in total. The molecular formula is C17H24. The lowest BCUT2D eigenvalue weighted by Crippen LogP contribution is -1.82. The maximum atomic E-state index is 4.07. The minimum Gasteiger partial charge on any atom is -0.0912 e. The molecule has 0 amide bonds. The van der Waals surface area contributed by atoms with Gasteiger partial charge >= 0.3 is 0 Å². The van der Waals surface area contributed by atoms with E-state index in [-0.39, 0.29) is 7.43 Å². The lowest BCUT2D eigenvalue weighted by Gasteiger charge is -2.02. The highest BCUT2D eigenvalue weighted by molar-refractivity contribution is 5.72. The average molecular weight is 228 g/mol. The molecule has 0 aromatic heterocycles. The minimum absolute atomic E-state index is 0. The molecule has 1 aromatic carbocycles. The molecule has 0 aliphatic carbocycles. The number of rotatable bonds is 4. The van der Waals surface area contributed by atoms with Gasteiger partial charge in [0.1, 0.15) is 0 Å². The summed E-state index contributed by atoms with van der Waals surface area (Å²) in [7, 11) is 0. The van der Waals surface area contributed by atoms with Crippen molar-refractivity contribution in [2.24, 2.45) is 0 Å². The Kier molecular flexibility index (Phi) is 6.97. The molecule has 0 saturated carbocycles. The van der Waals surface area contributed by atoms with E-state index in [1.165, 1.54) is 16.7 Å². The third-order valence-electron chi connectivity index (χ3n) is 2.74. The van der Waals surface area contributed by atoms with E-state index in [1.807, 2.05) is 6.92 Å². The third-order valence-corrected chi connectivity index (χ3v) is 2.74. The fourth-order valence-electron chi connectivity index (χ4n) is 1.38. The van der Waals surface area contributed by atoms with Crippen molar-refractivity contribution >= 4 is 5.57 Å². The van der Waals surface area contributed by atoms with Crippen LogP contribution in [-0.4, -0.2) is 0 Å². The Bertz CT molecular complexity index is 402. The van der Waals surface area contributed by atoms with Crippen molar-refractivity contribution in [3.8, 4) is 0 Å². The predicted molar refractivity (Wildman–Crippen MR) is 80.2 cm³/mol. The van der Waals surface area contributed by atoms with E-state index in [0.717, 1.165) is 12.0 Å². The summed E-state index contributed by atoms with van der Waals surface area (Å²) in [5.74, 6) is 0. The molecule has 0 heterocycles. The summed E-state index contributed by atoms with van der Waals surface area (Å²) in [6, 6.07) is 8.60. The summed E-state index contributed by atoms with van der Waals surface area (Å²) in [5, 5.41) is 0. The summed E-state index contributed by atoms with van der Waals surface area (Å²) in [4.78, 5) is 0. The van der Waals surface area contributed by atoms with E-state index in [2.05, 4.69) is 62.9 Å². The molecule has 0 aliphatic heterocycles. The Morgan fingerprint density at radius 1 is 1.18 bits per heavy atom. The van der Waals surface area contributed by atoms with Crippen LogP contribution >= 0.6 is 0 Å². The topological polar surface area (TPSA) is 0 Å². The molecule has 0 heteroatoms. The van der Waals surface area contributed by atoms with Crippen LogP contribution in [0.2, 0.25) is 0 Å². The first-order valence-electron chi connectivity index (χ1n) is 5.76. The molecule has 0 nitrogen and oxygen atoms in total. The summed E-state index contributed by atoms with van der Waals surface area (Å²) in [5.41, 5.74) is 4.87. The van der Waals surface area contributed by atoms with Crippen molar-refractivity contribution in [2.75, 3.05) is 0 Å². The van der Waals surface area contributed by atoms with Crippen LogP contribution in [0.1, 0.15) is 39.3 Å². The molecule has 0 bridgehead atoms. The van der Waals surface area contributed by atoms with Gasteiger partial charge in [-0.1, -0.05) is 69.0 Å². The van der Waals surface area contributed by atoms with Gasteiger partial charge in [0.05, 0.1) is 0 Å². The van der Waals surface area contributed by atoms with Crippen LogP contribution in [0.4, 0.5) is 0 Å². The molecule has 92 valence electrons. The second kappa shape index (κ2) is 7.67. The Hall–Kier alpha value is -1.56. The van der Waals surface area contributed by atoms with Crippen molar-refractivity contribution in [1.29, 1.82) is 0 Å². The second-order valence-corrected chi connectivity index (χ2v) is 3.94. The highest BCUT2D eigenvalue weighted by Crippen LogP contribution is 2.15. The van der Waals surface area contributed by atoms with Gasteiger partial charge in [0.25, 0.3) is 0 Å². The van der Waals surface area contributed by atoms with Crippen molar-refractivity contribution in [1.82, 2.24) is 0 Å². The third kappa shape index (κ3) is 4.86. The second-order valence-electron chi connectivity index (χ2n) is 3.94. The SMILES string of the molecule is C.C=C(/C=C\C(C)=C/C)c1ccc(CC)cc1. The van der Waals surface area contributed by atoms with Crippen LogP contribution in [0.25, 0.3) is 5.57 Å². The fourth-order valence-corrected chi connectivity index (χ4v) is 1.38. The molecule has 0 atom stereocenters. The molecule has 0 radical (unpaired) electrons. The maximum absolute atomic E-state index is 4.07. The van der Waals surface area contributed by atoms with Gasteiger partial charge in [0, 0.05) is 0 Å². The molecule has 17 heavy (non-hydrogen) atoms. The van der Waals surface area contributed by atoms with E-state index in [4.69, 9.17) is 0 Å². The molecule has 0 saturated heterocycles. The lowest BCUT2D eigenvalue weighted by molar-refractivity contribution is 1.14. The van der Waals surface area contributed by atoms with Crippen molar-refractivity contribution in [3.63, 3.8) is 0 Å². The zero-order chi connectivity index (χ0) is 12.0. The van der Waals surface area contributed by atoms with Crippen molar-refractivity contribution in [3.05, 3.63) is 65.8 Å². The first-order valence-corrected chi connectivity index (χ1v) is 5.76. The van der Waals surface area contributed by atoms with Crippen LogP contribution in [0, 0.1) is 0 Å². The van der Waals surface area contributed by atoms with E-state index in [9.17, 15) is 0 Å². The van der Waals surface area contributed by atoms with Gasteiger partial charge in [0.15, 0.2) is 0 Å². The van der Waals surface area contributed by atoms with E-state index in [0.29, 0.717) is 0 Å². The van der Waals surface area contributed by atoms with Crippen LogP contribution < -0.4 is 0 Å². The monoisotopic (exact) mass is 228 g/mol. The Balaban J connectivity index is 0.00000256. The average Bonchev–Trinajstić information content (AvgIpc) is 2.35. The molecular weight excluding hydrogens is 204 g/mol. The number of benzene rings is 1. The van der Waals surface area contributed by atoms with Crippen molar-refractivity contribution < 1.29 is 0 Å². The van der Waals surface area contributed by atoms with E-state index < -0.39 is 0 Å². The highest BCUT2D eigenvalue weighted by atomic mass is 14.0. The Morgan fingerprint density at radius 2 is 1.76 bits per heavy atom. The zero-order valence-electron chi connectivity index (χ0n) is 10.5. The first kappa shape index (κ1) is 15.4. The number of allylic oxidation sites excluding steroid dienone is 5. The summed E-state index contributed by atoms with van der Waals surface area (Å²) in [6.45, 7) is 10.4. The quantitative estimate of drug-likeness (QED) is 0.603. The Morgan fingerprint density at radius 3 is 2.24 bits per heavy atom. The first-order chi connectivity index (χ1) is 7.67. The smallest absolute Gasteiger partial charge is 0.0190 e. The summed E-state index contributed by atoms with van der Waals surface area (Å²) in [6.07, 6.45) is 7.33. The fraction of sp³-hybridized carbons (Fsp3) is 0.294. The van der Waals surface area contributed by atoms with Crippen LogP contribution in [-0.2, 0) is 6.42 Å². The molecule has 0 unspecified atom stereocenters. The molecule has 1 aromatic rings. The largest absolute Gasteiger partial charge is 0.0912 e. The zero-order valence-corrected chi connectivity index (χ0v) is 10.5. The molecule has 0 fully saturated rings. The molecule has 1 rings (SSSR count). The molecule has 0 aliphatic rings. The molecule has 0 spiro atoms. The maximum Gasteiger partial charge on any atom is -0.0190 e. The van der Waals surface area contributed by atoms with Gasteiger partial charge < -0.3 is 0 Å². The van der Waals surface area contributed by atoms with Gasteiger partial charge in [-0.25, -0.2) is 0 Å². The van der Waals surface area contributed by atoms with Gasteiger partial charge in [-0.3, -0.25) is 0 Å². The van der Waals surface area contributed by atoms with Gasteiger partial charge in [0.2, 0.25) is 0 Å². The lowest BCUT2D eigenvalue weighted by atomic mass is 10.0. The van der Waals surface area contributed by atoms with Gasteiger partial charge in [-0.15, -0.1) is 0 Å². The van der Waals surface area contributed by atoms with Crippen LogP contribution in [0.15, 0.2) is 54.6 Å². The van der Waals surface area contributed by atoms with E-state index >= 15 is 0 Å². The number of hydrogen-bond donors (Lipinski definition) is 0. The minimum atomic E-state index is 0. The number of aryl methyl sites for hydroxylation is 1. The van der Waals surface area contributed by atoms with E-state index in [1.54, 1.807) is 0 Å². The predicted octanol–water partition coefficient (Wildman–Crippen LogP) is 5.42. The van der Waals surface area contributed by atoms with Crippen LogP contribution in [0.3, 0.4) is 0 Å². The Labute approximate surface area is 106 Å². The van der Waals surface area contributed by atoms with Crippen molar-refractivity contribution in [2.45, 2.75) is 34.6 Å².